The summed E-state index contributed by atoms with van der Waals surface area (Å²) in [5.41, 5.74) is 0.0127. The zero-order chi connectivity index (χ0) is 72.0. The molecule has 6 N–H and O–H groups in total. The van der Waals surface area contributed by atoms with Crippen molar-refractivity contribution in [1.82, 2.24) is 0 Å². The summed E-state index contributed by atoms with van der Waals surface area (Å²) < 4.78 is 24.5. The SMILES string of the molecule is C/C(=C/O)C(=O)CC(C)(C)C.C/C(=C/O)OC(=O)CC(C)(C)C.C=CC(C)(C)C.CC(C)(C)C=O.CC(C)(C)CC(=O)O.CO[C@H](C(C)=O)C(C)(C)C.CO[C@H](OC(C)=O)C(C)(C)C.CO[C@H](OO)C(C)(C)C.C[C@H](C=O)C(=O)CC(C)(C)C.OO.[H+]. The summed E-state index contributed by atoms with van der Waals surface area (Å²) in [5, 5.41) is 45.4. The number of methoxy groups -OCH3 is 3. The van der Waals surface area contributed by atoms with Crippen molar-refractivity contribution >= 4 is 47.8 Å². The van der Waals surface area contributed by atoms with Gasteiger partial charge in [-0.1, -0.05) is 193 Å². The van der Waals surface area contributed by atoms with Gasteiger partial charge in [-0.15, -0.1) is 6.58 Å². The van der Waals surface area contributed by atoms with Crippen LogP contribution in [0.4, 0.5) is 0 Å². The fourth-order valence-electron chi connectivity index (χ4n) is 4.99. The summed E-state index contributed by atoms with van der Waals surface area (Å²) >= 11 is 0. The maximum Gasteiger partial charge on any atom is 1.00 e. The average Bonchev–Trinajstić information content (AvgIpc) is 3.28. The highest BCUT2D eigenvalue weighted by atomic mass is 17.1. The van der Waals surface area contributed by atoms with Gasteiger partial charge in [0.1, 0.15) is 36.5 Å². The molecule has 0 bridgehead atoms. The molecule has 0 spiro atoms. The Morgan fingerprint density at radius 3 is 0.988 bits per heavy atom. The van der Waals surface area contributed by atoms with Crippen molar-refractivity contribution in [1.29, 1.82) is 0 Å². The molecule has 0 unspecified atom stereocenters. The Hall–Kier alpha value is -4.70. The standard InChI is InChI=1S/C9H16O3.2C9H16O2.C8H16O3.C8H16O2.C6H14O3.C6H12O2.C6H12.C5H10O.H2O2/c1-7(6-10)12-8(11)5-9(2,3)4;2*1-7(6-10)8(11)5-9(2,3)4;1-6(9)11-7(10-5)8(2,3)4;1-6(9)7(10-5)8(2,3)4;1-6(2,3)5(8-4)9-7;1-6(2,3)4-5(7)8;1-5-6(2,3)4;1-5(2,3)4-6;1-2/h6,10H,5H2,1-4H3;6,10H,5H2,1-4H3;6-7H,5H2,1-4H3;7H,1-5H3;7H,1-5H3;5,7H,1-4H3;4H2,1-3H3,(H,7,8);5H,1H2,2-4H3;4H,1-3H3;1-2H/p+1/b2*7-6-;;;;;;;;/t;;3*7-;5-;;;;/m..1111..../s1. The van der Waals surface area contributed by atoms with Crippen molar-refractivity contribution in [3.8, 4) is 0 Å². The average molecular weight is 1240 g/mol. The molecular weight excluding hydrogens is 1110 g/mol. The lowest BCUT2D eigenvalue weighted by atomic mass is 9.87. The Balaban J connectivity index is -0.0000000832. The van der Waals surface area contributed by atoms with Gasteiger partial charge in [-0.05, 0) is 60.2 Å². The normalized spacial score (nSPS) is 13.2. The Labute approximate surface area is 524 Å². The highest BCUT2D eigenvalue weighted by molar-refractivity contribution is 5.94. The van der Waals surface area contributed by atoms with Gasteiger partial charge in [0.2, 0.25) is 6.29 Å². The number of aliphatic carboxylic acids is 1. The van der Waals surface area contributed by atoms with Crippen molar-refractivity contribution in [2.75, 3.05) is 21.3 Å². The van der Waals surface area contributed by atoms with Crippen LogP contribution in [0.5, 0.6) is 0 Å². The first kappa shape index (κ1) is 103. The van der Waals surface area contributed by atoms with Crippen LogP contribution in [0, 0.1) is 54.7 Å². The summed E-state index contributed by atoms with van der Waals surface area (Å²) in [6.45, 7) is 64.4. The molecule has 0 saturated heterocycles. The van der Waals surface area contributed by atoms with Gasteiger partial charge < -0.3 is 48.6 Å². The number of ketones is 3. The molecule has 0 rings (SSSR count). The number of rotatable bonds is 14. The van der Waals surface area contributed by atoms with Gasteiger partial charge in [0.15, 0.2) is 17.9 Å². The van der Waals surface area contributed by atoms with Crippen LogP contribution in [0.3, 0.4) is 0 Å². The predicted molar refractivity (Wildman–Crippen MR) is 346 cm³/mol. The molecule has 0 aliphatic rings. The Morgan fingerprint density at radius 2 is 0.860 bits per heavy atom. The second-order valence-electron chi connectivity index (χ2n) is 30.4. The number of aliphatic hydroxyl groups is 2. The van der Waals surface area contributed by atoms with Crippen LogP contribution in [0.1, 0.15) is 249 Å². The number of ether oxygens (including phenoxy) is 5. The van der Waals surface area contributed by atoms with Crippen LogP contribution in [-0.4, -0.2) is 119 Å². The van der Waals surface area contributed by atoms with E-state index in [1.165, 1.54) is 28.1 Å². The van der Waals surface area contributed by atoms with E-state index >= 15 is 0 Å². The van der Waals surface area contributed by atoms with Crippen molar-refractivity contribution in [2.24, 2.45) is 54.7 Å². The smallest absolute Gasteiger partial charge is 0.515 e. The van der Waals surface area contributed by atoms with E-state index in [0.717, 1.165) is 18.8 Å². The molecule has 4 atom stereocenters. The summed E-state index contributed by atoms with van der Waals surface area (Å²) in [6.07, 6.45) is 5.50. The lowest BCUT2D eigenvalue weighted by Gasteiger charge is -2.27. The van der Waals surface area contributed by atoms with E-state index in [9.17, 15) is 38.4 Å². The molecule has 0 aliphatic carbocycles. The minimum Gasteiger partial charge on any atom is -0.515 e. The zero-order valence-electron chi connectivity index (χ0n) is 61.6. The van der Waals surface area contributed by atoms with Crippen molar-refractivity contribution in [3.63, 3.8) is 0 Å². The molecule has 0 aromatic rings. The molecule has 0 amide bonds. The topological polar surface area (TPSA) is 313 Å². The number of hydrogen-bond acceptors (Lipinski definition) is 19. The molecule has 0 fully saturated rings. The molecule has 514 valence electrons. The van der Waals surface area contributed by atoms with Crippen molar-refractivity contribution in [3.05, 3.63) is 36.5 Å². The molecule has 0 aromatic heterocycles. The van der Waals surface area contributed by atoms with Gasteiger partial charge in [-0.25, -0.2) is 10.1 Å². The van der Waals surface area contributed by atoms with E-state index in [1.54, 1.807) is 27.9 Å². The Kier molecular flexibility index (Phi) is 60.2. The van der Waals surface area contributed by atoms with Crippen LogP contribution in [0.25, 0.3) is 0 Å². The van der Waals surface area contributed by atoms with E-state index in [0.29, 0.717) is 36.5 Å². The molecule has 0 heterocycles. The number of carboxylic acid groups (broad SMARTS) is 1. The van der Waals surface area contributed by atoms with Crippen LogP contribution in [0.15, 0.2) is 36.5 Å². The first-order valence-corrected chi connectivity index (χ1v) is 28.3. The van der Waals surface area contributed by atoms with E-state index in [4.69, 9.17) is 54.8 Å². The summed E-state index contributed by atoms with van der Waals surface area (Å²) in [6, 6.07) is 0. The monoisotopic (exact) mass is 1240 g/mol. The number of esters is 2. The minimum absolute atomic E-state index is 0. The third kappa shape index (κ3) is 90.5. The van der Waals surface area contributed by atoms with Gasteiger partial charge in [0.25, 0.3) is 0 Å². The van der Waals surface area contributed by atoms with Crippen molar-refractivity contribution < 1.29 is 99.4 Å². The quantitative estimate of drug-likeness (QED) is 0.0108. The second-order valence-corrected chi connectivity index (χ2v) is 30.4. The van der Waals surface area contributed by atoms with Gasteiger partial charge in [0, 0.05) is 62.9 Å². The fraction of sp³-hybridized carbons (Fsp3) is 0.788. The number of aliphatic hydroxyl groups excluding tert-OH is 2. The molecule has 20 nitrogen and oxygen atoms in total. The van der Waals surface area contributed by atoms with Gasteiger partial charge in [0.05, 0.1) is 25.0 Å². The Morgan fingerprint density at radius 1 is 0.523 bits per heavy atom. The molecule has 0 aromatic carbocycles. The maximum absolute atomic E-state index is 11.2. The molecule has 0 aliphatic heterocycles. The summed E-state index contributed by atoms with van der Waals surface area (Å²) in [4.78, 5) is 88.9. The van der Waals surface area contributed by atoms with E-state index < -0.39 is 24.5 Å². The van der Waals surface area contributed by atoms with Gasteiger partial charge in [-0.2, -0.15) is 0 Å². The zero-order valence-corrected chi connectivity index (χ0v) is 60.6. The number of carbonyl (C=O) groups excluding carboxylic acids is 7. The largest absolute Gasteiger partial charge is 1.00 e. The summed E-state index contributed by atoms with van der Waals surface area (Å²) in [7, 11) is 4.59. The van der Waals surface area contributed by atoms with E-state index in [2.05, 4.69) is 32.2 Å². The first-order chi connectivity index (χ1) is 37.9. The van der Waals surface area contributed by atoms with Crippen LogP contribution in [-0.2, 0) is 66.9 Å². The summed E-state index contributed by atoms with van der Waals surface area (Å²) in [5.74, 6) is -1.42. The van der Waals surface area contributed by atoms with Gasteiger partial charge in [-0.3, -0.25) is 39.3 Å². The number of carbonyl (C=O) groups is 8. The van der Waals surface area contributed by atoms with Crippen molar-refractivity contribution in [2.45, 2.75) is 266 Å². The number of carboxylic acids is 1. The van der Waals surface area contributed by atoms with E-state index in [-0.39, 0.29) is 92.3 Å². The lowest BCUT2D eigenvalue weighted by molar-refractivity contribution is -0.365. The lowest BCUT2D eigenvalue weighted by Crippen LogP contribution is -2.34. The minimum atomic E-state index is -0.725. The number of Topliss-reactive ketones (excluding diaryl/α,β-unsaturated/α-hetero) is 3. The number of allylic oxidation sites excluding steroid dienone is 3. The highest BCUT2D eigenvalue weighted by Crippen LogP contribution is 2.25. The van der Waals surface area contributed by atoms with Crippen LogP contribution >= 0.6 is 0 Å². The van der Waals surface area contributed by atoms with Gasteiger partial charge >= 0.3 is 19.3 Å². The molecule has 20 heteroatoms. The Bertz CT molecular complexity index is 1870. The maximum atomic E-state index is 11.2. The third-order valence-electron chi connectivity index (χ3n) is 9.12. The van der Waals surface area contributed by atoms with E-state index in [1.807, 2.05) is 172 Å². The molecular formula is C66H131O20+. The molecule has 0 saturated carbocycles. The fourth-order valence-corrected chi connectivity index (χ4v) is 4.99. The molecule has 86 heavy (non-hydrogen) atoms. The van der Waals surface area contributed by atoms with Crippen LogP contribution in [0.2, 0.25) is 0 Å². The third-order valence-corrected chi connectivity index (χ3v) is 9.12. The highest BCUT2D eigenvalue weighted by Gasteiger charge is 2.29. The van der Waals surface area contributed by atoms with Crippen LogP contribution < -0.4 is 0 Å². The predicted octanol–water partition coefficient (Wildman–Crippen LogP) is 16.5. The second kappa shape index (κ2) is 50.2. The molecule has 0 radical (unpaired) electrons. The first-order valence-electron chi connectivity index (χ1n) is 28.3. The number of aldehydes is 2. The number of hydrogen-bond donors (Lipinski definition) is 6.